The Balaban J connectivity index is 2.50. The van der Waals surface area contributed by atoms with Crippen molar-refractivity contribution in [2.45, 2.75) is 12.5 Å². The number of carboxylic acid groups (broad SMARTS) is 1. The van der Waals surface area contributed by atoms with Crippen LogP contribution in [-0.4, -0.2) is 11.1 Å². The topological polar surface area (TPSA) is 49.3 Å². The Labute approximate surface area is 141 Å². The molecule has 2 N–H and O–H groups in total. The molecular weight excluding hydrogens is 377 g/mol. The van der Waals surface area contributed by atoms with Gasteiger partial charge in [-0.15, -0.1) is 0 Å². The van der Waals surface area contributed by atoms with Crippen LogP contribution < -0.4 is 5.32 Å². The zero-order chi connectivity index (χ0) is 15.6. The summed E-state index contributed by atoms with van der Waals surface area (Å²) in [6.07, 6.45) is 0. The lowest BCUT2D eigenvalue weighted by molar-refractivity contribution is -0.142. The molecular formula is C15H12BrCl2NO2. The second-order valence-corrected chi connectivity index (χ2v) is 6.45. The molecule has 0 spiro atoms. The van der Waals surface area contributed by atoms with Crippen LogP contribution in [0.25, 0.3) is 0 Å². The summed E-state index contributed by atoms with van der Waals surface area (Å²) in [6.45, 7) is 1.55. The smallest absolute Gasteiger partial charge is 0.333 e. The summed E-state index contributed by atoms with van der Waals surface area (Å²) in [4.78, 5) is 11.8. The summed E-state index contributed by atoms with van der Waals surface area (Å²) < 4.78 is 0.845. The average Bonchev–Trinajstić information content (AvgIpc) is 2.41. The summed E-state index contributed by atoms with van der Waals surface area (Å²) in [5.74, 6) is -1.05. The van der Waals surface area contributed by atoms with Crippen molar-refractivity contribution >= 4 is 50.8 Å². The average molecular weight is 389 g/mol. The van der Waals surface area contributed by atoms with Crippen LogP contribution in [0.1, 0.15) is 12.5 Å². The molecule has 0 aromatic heterocycles. The van der Waals surface area contributed by atoms with Crippen molar-refractivity contribution in [2.24, 2.45) is 0 Å². The van der Waals surface area contributed by atoms with Crippen molar-refractivity contribution < 1.29 is 9.90 Å². The first-order chi connectivity index (χ1) is 9.83. The van der Waals surface area contributed by atoms with Crippen LogP contribution in [0.2, 0.25) is 10.0 Å². The van der Waals surface area contributed by atoms with Crippen LogP contribution in [0, 0.1) is 0 Å². The predicted octanol–water partition coefficient (Wildman–Crippen LogP) is 5.17. The predicted molar refractivity (Wildman–Crippen MR) is 89.2 cm³/mol. The Morgan fingerprint density at radius 3 is 2.57 bits per heavy atom. The molecule has 0 aliphatic carbocycles. The first kappa shape index (κ1) is 16.1. The summed E-state index contributed by atoms with van der Waals surface area (Å²) in [5.41, 5.74) is -0.336. The first-order valence-corrected chi connectivity index (χ1v) is 7.60. The standard InChI is InChI=1S/C15H12BrCl2NO2/c1-15(14(20)21,12-8-10(17)5-6-13(12)18)19-11-4-2-3-9(16)7-11/h2-8,19H,1H3,(H,20,21). The van der Waals surface area contributed by atoms with Gasteiger partial charge in [0.25, 0.3) is 0 Å². The van der Waals surface area contributed by atoms with Crippen LogP contribution in [0.3, 0.4) is 0 Å². The van der Waals surface area contributed by atoms with E-state index < -0.39 is 11.5 Å². The van der Waals surface area contributed by atoms with Gasteiger partial charge in [0.1, 0.15) is 0 Å². The van der Waals surface area contributed by atoms with Crippen LogP contribution in [0.5, 0.6) is 0 Å². The van der Waals surface area contributed by atoms with E-state index in [1.165, 1.54) is 0 Å². The fourth-order valence-corrected chi connectivity index (χ4v) is 2.85. The SMILES string of the molecule is CC(Nc1cccc(Br)c1)(C(=O)O)c1cc(Cl)ccc1Cl. The number of hydrogen-bond acceptors (Lipinski definition) is 2. The lowest BCUT2D eigenvalue weighted by Crippen LogP contribution is -2.40. The third-order valence-electron chi connectivity index (χ3n) is 3.11. The quantitative estimate of drug-likeness (QED) is 0.759. The number of nitrogens with one attached hydrogen (secondary N) is 1. The van der Waals surface area contributed by atoms with Crippen LogP contribution >= 0.6 is 39.1 Å². The zero-order valence-electron chi connectivity index (χ0n) is 11.0. The van der Waals surface area contributed by atoms with Gasteiger partial charge >= 0.3 is 5.97 Å². The van der Waals surface area contributed by atoms with Gasteiger partial charge in [-0.1, -0.05) is 45.2 Å². The number of hydrogen-bond donors (Lipinski definition) is 2. The molecule has 0 fully saturated rings. The van der Waals surface area contributed by atoms with E-state index in [0.717, 1.165) is 4.47 Å². The van der Waals surface area contributed by atoms with E-state index in [1.807, 2.05) is 12.1 Å². The van der Waals surface area contributed by atoms with Gasteiger partial charge in [0.2, 0.25) is 0 Å². The maximum Gasteiger partial charge on any atom is 0.333 e. The van der Waals surface area contributed by atoms with Crippen LogP contribution in [0.4, 0.5) is 5.69 Å². The van der Waals surface area contributed by atoms with E-state index in [0.29, 0.717) is 21.3 Å². The molecule has 0 radical (unpaired) electrons. The van der Waals surface area contributed by atoms with Crippen LogP contribution in [0.15, 0.2) is 46.9 Å². The van der Waals surface area contributed by atoms with Crippen molar-refractivity contribution in [3.63, 3.8) is 0 Å². The van der Waals surface area contributed by atoms with Gasteiger partial charge in [-0.3, -0.25) is 0 Å². The second kappa shape index (κ2) is 6.26. The number of rotatable bonds is 4. The van der Waals surface area contributed by atoms with Gasteiger partial charge in [0.15, 0.2) is 5.54 Å². The molecule has 0 saturated carbocycles. The van der Waals surface area contributed by atoms with Crippen molar-refractivity contribution in [2.75, 3.05) is 5.32 Å². The normalized spacial score (nSPS) is 13.5. The van der Waals surface area contributed by atoms with Crippen LogP contribution in [-0.2, 0) is 10.3 Å². The number of carboxylic acids is 1. The minimum Gasteiger partial charge on any atom is -0.479 e. The molecule has 110 valence electrons. The minimum absolute atomic E-state index is 0.340. The molecule has 0 amide bonds. The van der Waals surface area contributed by atoms with Crippen molar-refractivity contribution in [3.8, 4) is 0 Å². The summed E-state index contributed by atoms with van der Waals surface area (Å²) in [7, 11) is 0. The highest BCUT2D eigenvalue weighted by molar-refractivity contribution is 9.10. The molecule has 2 aromatic rings. The molecule has 3 nitrogen and oxygen atoms in total. The van der Waals surface area contributed by atoms with E-state index in [2.05, 4.69) is 21.2 Å². The van der Waals surface area contributed by atoms with E-state index in [9.17, 15) is 9.90 Å². The molecule has 0 aliphatic rings. The van der Waals surface area contributed by atoms with Gasteiger partial charge in [-0.2, -0.15) is 0 Å². The number of aliphatic carboxylic acids is 1. The molecule has 0 aliphatic heterocycles. The lowest BCUT2D eigenvalue weighted by Gasteiger charge is -2.29. The Morgan fingerprint density at radius 1 is 1.24 bits per heavy atom. The molecule has 1 unspecified atom stereocenters. The van der Waals surface area contributed by atoms with Gasteiger partial charge < -0.3 is 10.4 Å². The highest BCUT2D eigenvalue weighted by atomic mass is 79.9. The maximum atomic E-state index is 11.8. The largest absolute Gasteiger partial charge is 0.479 e. The fourth-order valence-electron chi connectivity index (χ4n) is 1.97. The van der Waals surface area contributed by atoms with Crippen molar-refractivity contribution in [1.29, 1.82) is 0 Å². The van der Waals surface area contributed by atoms with Crippen molar-refractivity contribution in [1.82, 2.24) is 0 Å². The Bertz CT molecular complexity index is 693. The Hall–Kier alpha value is -1.23. The second-order valence-electron chi connectivity index (χ2n) is 4.69. The minimum atomic E-state index is -1.40. The van der Waals surface area contributed by atoms with Gasteiger partial charge in [-0.05, 0) is 43.3 Å². The fraction of sp³-hybridized carbons (Fsp3) is 0.133. The first-order valence-electron chi connectivity index (χ1n) is 6.05. The number of carbonyl (C=O) groups is 1. The molecule has 2 rings (SSSR count). The zero-order valence-corrected chi connectivity index (χ0v) is 14.1. The number of anilines is 1. The Morgan fingerprint density at radius 2 is 1.95 bits per heavy atom. The third kappa shape index (κ3) is 3.51. The van der Waals surface area contributed by atoms with Crippen molar-refractivity contribution in [3.05, 3.63) is 62.5 Å². The summed E-state index contributed by atoms with van der Waals surface area (Å²) in [5, 5.41) is 13.4. The lowest BCUT2D eigenvalue weighted by atomic mass is 9.91. The summed E-state index contributed by atoms with van der Waals surface area (Å²) >= 11 is 15.5. The maximum absolute atomic E-state index is 11.8. The molecule has 1 atom stereocenters. The number of benzene rings is 2. The third-order valence-corrected chi connectivity index (χ3v) is 4.17. The summed E-state index contributed by atoms with van der Waals surface area (Å²) in [6, 6.07) is 12.0. The number of halogens is 3. The Kier molecular flexibility index (Phi) is 4.81. The van der Waals surface area contributed by atoms with E-state index >= 15 is 0 Å². The molecule has 2 aromatic carbocycles. The molecule has 6 heteroatoms. The van der Waals surface area contributed by atoms with Gasteiger partial charge in [-0.25, -0.2) is 4.79 Å². The van der Waals surface area contributed by atoms with E-state index in [-0.39, 0.29) is 0 Å². The van der Waals surface area contributed by atoms with E-state index in [4.69, 9.17) is 23.2 Å². The molecule has 21 heavy (non-hydrogen) atoms. The monoisotopic (exact) mass is 387 g/mol. The van der Waals surface area contributed by atoms with Gasteiger partial charge in [0, 0.05) is 25.8 Å². The molecule has 0 bridgehead atoms. The molecule has 0 heterocycles. The van der Waals surface area contributed by atoms with Gasteiger partial charge in [0.05, 0.1) is 0 Å². The highest BCUT2D eigenvalue weighted by Gasteiger charge is 2.37. The molecule has 0 saturated heterocycles. The van der Waals surface area contributed by atoms with E-state index in [1.54, 1.807) is 37.3 Å². The highest BCUT2D eigenvalue weighted by Crippen LogP contribution is 2.34.